The number of rotatable bonds is 5. The van der Waals surface area contributed by atoms with Crippen LogP contribution in [0, 0.1) is 0 Å². The predicted molar refractivity (Wildman–Crippen MR) is 94.0 cm³/mol. The molecule has 1 aromatic heterocycles. The van der Waals surface area contributed by atoms with Crippen LogP contribution in [0.25, 0.3) is 0 Å². The van der Waals surface area contributed by atoms with E-state index in [4.69, 9.17) is 20.8 Å². The first-order valence-electron chi connectivity index (χ1n) is 7.87. The van der Waals surface area contributed by atoms with Gasteiger partial charge in [-0.25, -0.2) is 0 Å². The molecule has 0 bridgehead atoms. The van der Waals surface area contributed by atoms with Crippen LogP contribution in [0.2, 0.25) is 5.02 Å². The third-order valence-corrected chi connectivity index (χ3v) is 4.00. The molecule has 2 aromatic rings. The van der Waals surface area contributed by atoms with Gasteiger partial charge in [0.05, 0.1) is 37.4 Å². The number of hydrogen-bond acceptors (Lipinski definition) is 5. The van der Waals surface area contributed by atoms with Crippen molar-refractivity contribution in [1.29, 1.82) is 0 Å². The van der Waals surface area contributed by atoms with E-state index in [1.807, 2.05) is 0 Å². The largest absolute Gasteiger partial charge is 0.459 e. The van der Waals surface area contributed by atoms with Crippen molar-refractivity contribution in [3.8, 4) is 0 Å². The number of nitrogens with one attached hydrogen (secondary N) is 2. The van der Waals surface area contributed by atoms with Crippen LogP contribution in [0.1, 0.15) is 10.6 Å². The van der Waals surface area contributed by atoms with E-state index in [-0.39, 0.29) is 18.2 Å². The van der Waals surface area contributed by atoms with Gasteiger partial charge in [0.1, 0.15) is 0 Å². The lowest BCUT2D eigenvalue weighted by Gasteiger charge is -2.27. The number of hydrogen-bond donors (Lipinski definition) is 2. The van der Waals surface area contributed by atoms with Crippen molar-refractivity contribution < 1.29 is 18.7 Å². The standard InChI is InChI=1S/C17H18ClN3O4/c18-12-3-4-13(19-11-16(22)21-5-8-24-9-6-21)14(10-12)20-17(23)15-2-1-7-25-15/h1-4,7,10,19H,5-6,8-9,11H2,(H,20,23). The molecule has 0 spiro atoms. The molecule has 0 unspecified atom stereocenters. The topological polar surface area (TPSA) is 83.8 Å². The van der Waals surface area contributed by atoms with E-state index >= 15 is 0 Å². The minimum absolute atomic E-state index is 0.0263. The van der Waals surface area contributed by atoms with Crippen LogP contribution in [-0.2, 0) is 9.53 Å². The van der Waals surface area contributed by atoms with Crippen LogP contribution in [0.15, 0.2) is 41.0 Å². The fourth-order valence-electron chi connectivity index (χ4n) is 2.46. The minimum Gasteiger partial charge on any atom is -0.459 e. The molecule has 0 aliphatic carbocycles. The molecule has 1 aliphatic heterocycles. The quantitative estimate of drug-likeness (QED) is 0.852. The third kappa shape index (κ3) is 4.52. The second-order valence-corrected chi connectivity index (χ2v) is 5.90. The van der Waals surface area contributed by atoms with Crippen LogP contribution >= 0.6 is 11.6 Å². The Morgan fingerprint density at radius 3 is 2.68 bits per heavy atom. The molecular formula is C17H18ClN3O4. The molecule has 1 aromatic carbocycles. The van der Waals surface area contributed by atoms with Gasteiger partial charge >= 0.3 is 0 Å². The smallest absolute Gasteiger partial charge is 0.291 e. The number of anilines is 2. The molecule has 132 valence electrons. The van der Waals surface area contributed by atoms with Gasteiger partial charge in [0.2, 0.25) is 5.91 Å². The van der Waals surface area contributed by atoms with E-state index < -0.39 is 5.91 Å². The van der Waals surface area contributed by atoms with Crippen LogP contribution in [0.4, 0.5) is 11.4 Å². The molecule has 1 saturated heterocycles. The van der Waals surface area contributed by atoms with Crippen LogP contribution < -0.4 is 10.6 Å². The number of nitrogens with zero attached hydrogens (tertiary/aromatic N) is 1. The lowest BCUT2D eigenvalue weighted by atomic mass is 10.2. The molecule has 8 heteroatoms. The van der Waals surface area contributed by atoms with Crippen LogP contribution in [-0.4, -0.2) is 49.6 Å². The summed E-state index contributed by atoms with van der Waals surface area (Å²) in [6.45, 7) is 2.39. The third-order valence-electron chi connectivity index (χ3n) is 3.77. The van der Waals surface area contributed by atoms with Crippen LogP contribution in [0.3, 0.4) is 0 Å². The number of halogens is 1. The predicted octanol–water partition coefficient (Wildman–Crippen LogP) is 2.46. The van der Waals surface area contributed by atoms with Crippen molar-refractivity contribution in [2.45, 2.75) is 0 Å². The minimum atomic E-state index is -0.394. The SMILES string of the molecule is O=C(Nc1cc(Cl)ccc1NCC(=O)N1CCOCC1)c1ccco1. The number of carbonyl (C=O) groups is 2. The average molecular weight is 364 g/mol. The lowest BCUT2D eigenvalue weighted by molar-refractivity contribution is -0.133. The molecule has 1 fully saturated rings. The van der Waals surface area contributed by atoms with Gasteiger partial charge in [0.15, 0.2) is 5.76 Å². The first kappa shape index (κ1) is 17.3. The van der Waals surface area contributed by atoms with E-state index in [1.165, 1.54) is 6.26 Å². The number of morpholine rings is 1. The average Bonchev–Trinajstić information content (AvgIpc) is 3.16. The highest BCUT2D eigenvalue weighted by Crippen LogP contribution is 2.26. The first-order valence-corrected chi connectivity index (χ1v) is 8.25. The highest BCUT2D eigenvalue weighted by atomic mass is 35.5. The summed E-state index contributed by atoms with van der Waals surface area (Å²) in [6, 6.07) is 8.21. The van der Waals surface area contributed by atoms with Gasteiger partial charge in [-0.3, -0.25) is 9.59 Å². The molecule has 2 heterocycles. The summed E-state index contributed by atoms with van der Waals surface area (Å²) in [7, 11) is 0. The summed E-state index contributed by atoms with van der Waals surface area (Å²) >= 11 is 6.02. The summed E-state index contributed by atoms with van der Waals surface area (Å²) in [6.07, 6.45) is 1.42. The second kappa shape index (κ2) is 8.04. The highest BCUT2D eigenvalue weighted by molar-refractivity contribution is 6.31. The normalized spacial score (nSPS) is 14.2. The molecule has 1 aliphatic rings. The van der Waals surface area contributed by atoms with E-state index in [2.05, 4.69) is 10.6 Å². The molecule has 2 N–H and O–H groups in total. The number of ether oxygens (including phenoxy) is 1. The van der Waals surface area contributed by atoms with E-state index in [0.29, 0.717) is 42.7 Å². The van der Waals surface area contributed by atoms with Crippen molar-refractivity contribution in [2.75, 3.05) is 43.5 Å². The number of carbonyl (C=O) groups excluding carboxylic acids is 2. The zero-order valence-corrected chi connectivity index (χ0v) is 14.2. The van der Waals surface area contributed by atoms with E-state index in [0.717, 1.165) is 0 Å². The summed E-state index contributed by atoms with van der Waals surface area (Å²) in [5, 5.41) is 6.26. The van der Waals surface area contributed by atoms with Gasteiger partial charge in [-0.2, -0.15) is 0 Å². The van der Waals surface area contributed by atoms with Crippen molar-refractivity contribution in [2.24, 2.45) is 0 Å². The van der Waals surface area contributed by atoms with Crippen molar-refractivity contribution in [3.63, 3.8) is 0 Å². The van der Waals surface area contributed by atoms with Crippen molar-refractivity contribution in [1.82, 2.24) is 4.90 Å². The first-order chi connectivity index (χ1) is 12.1. The molecule has 7 nitrogen and oxygen atoms in total. The Kier molecular flexibility index (Phi) is 5.57. The Morgan fingerprint density at radius 2 is 1.96 bits per heavy atom. The Bertz CT molecular complexity index is 742. The van der Waals surface area contributed by atoms with Gasteiger partial charge in [-0.05, 0) is 30.3 Å². The monoisotopic (exact) mass is 363 g/mol. The van der Waals surface area contributed by atoms with E-state index in [1.54, 1.807) is 35.2 Å². The van der Waals surface area contributed by atoms with Crippen molar-refractivity contribution >= 4 is 34.8 Å². The fraction of sp³-hybridized carbons (Fsp3) is 0.294. The molecular weight excluding hydrogens is 346 g/mol. The Labute approximate surface area is 149 Å². The van der Waals surface area contributed by atoms with E-state index in [9.17, 15) is 9.59 Å². The van der Waals surface area contributed by atoms with Gasteiger partial charge in [-0.15, -0.1) is 0 Å². The summed E-state index contributed by atoms with van der Waals surface area (Å²) in [5.74, 6) is -0.230. The highest BCUT2D eigenvalue weighted by Gasteiger charge is 2.17. The molecule has 3 rings (SSSR count). The summed E-state index contributed by atoms with van der Waals surface area (Å²) in [5.41, 5.74) is 1.08. The van der Waals surface area contributed by atoms with Crippen molar-refractivity contribution in [3.05, 3.63) is 47.4 Å². The zero-order chi connectivity index (χ0) is 17.6. The zero-order valence-electron chi connectivity index (χ0n) is 13.5. The Hall–Kier alpha value is -2.51. The number of amides is 2. The molecule has 2 amide bonds. The number of benzene rings is 1. The summed E-state index contributed by atoms with van der Waals surface area (Å²) in [4.78, 5) is 26.1. The van der Waals surface area contributed by atoms with Gasteiger partial charge < -0.3 is 24.7 Å². The van der Waals surface area contributed by atoms with Gasteiger partial charge in [-0.1, -0.05) is 11.6 Å². The maximum absolute atomic E-state index is 12.2. The molecule has 0 saturated carbocycles. The van der Waals surface area contributed by atoms with Gasteiger partial charge in [0.25, 0.3) is 5.91 Å². The fourth-order valence-corrected chi connectivity index (χ4v) is 2.63. The lowest BCUT2D eigenvalue weighted by Crippen LogP contribution is -2.43. The molecule has 0 radical (unpaired) electrons. The molecule has 0 atom stereocenters. The maximum atomic E-state index is 12.2. The Balaban J connectivity index is 1.66. The van der Waals surface area contributed by atoms with Gasteiger partial charge in [0, 0.05) is 18.1 Å². The maximum Gasteiger partial charge on any atom is 0.291 e. The second-order valence-electron chi connectivity index (χ2n) is 5.47. The Morgan fingerprint density at radius 1 is 1.16 bits per heavy atom. The van der Waals surface area contributed by atoms with Crippen LogP contribution in [0.5, 0.6) is 0 Å². The summed E-state index contributed by atoms with van der Waals surface area (Å²) < 4.78 is 10.3. The molecule has 25 heavy (non-hydrogen) atoms. The number of furan rings is 1.